The summed E-state index contributed by atoms with van der Waals surface area (Å²) in [6, 6.07) is 0. The minimum absolute atomic E-state index is 0. The summed E-state index contributed by atoms with van der Waals surface area (Å²) < 4.78 is 0. The molecule has 27 heavy (non-hydrogen) atoms. The Balaban J connectivity index is -0.0000000843. The third-order valence-electron chi connectivity index (χ3n) is 2.39. The molecule has 0 amide bonds. The van der Waals surface area contributed by atoms with Gasteiger partial charge in [0.1, 0.15) is 23.4 Å². The van der Waals surface area contributed by atoms with Gasteiger partial charge in [-0.05, 0) is 26.7 Å². The van der Waals surface area contributed by atoms with E-state index >= 15 is 0 Å². The predicted octanol–water partition coefficient (Wildman–Crippen LogP) is 0.880. The molecule has 9 heteroatoms. The van der Waals surface area contributed by atoms with Gasteiger partial charge >= 0.3 is 33.7 Å². The fraction of sp³-hybridized carbons (Fsp3) is 0.778. The number of carboxylic acids is 2. The average Bonchev–Trinajstić information content (AvgIpc) is 2.37. The standard InChI is InChI=1S/2C6H10O3.2C3H7O.Ti/c2*1-3-5(4(2)7)6(8)9;2*1-3(2)4;/h2*5H,3H2,1-2H3,(H,8,9);2*3H,1-2H3;/q;;2*-1;+2. The Morgan fingerprint density at radius 1 is 0.704 bits per heavy atom. The summed E-state index contributed by atoms with van der Waals surface area (Å²) in [4.78, 5) is 41.2. The largest absolute Gasteiger partial charge is 2.00 e. The summed E-state index contributed by atoms with van der Waals surface area (Å²) in [7, 11) is 0. The first kappa shape index (κ1) is 36.8. The van der Waals surface area contributed by atoms with E-state index in [1.165, 1.54) is 13.8 Å². The zero-order valence-electron chi connectivity index (χ0n) is 17.6. The molecule has 0 aliphatic heterocycles. The summed E-state index contributed by atoms with van der Waals surface area (Å²) in [5.41, 5.74) is 0. The zero-order valence-corrected chi connectivity index (χ0v) is 19.1. The number of carboxylic acid groups (broad SMARTS) is 2. The second-order valence-electron chi connectivity index (χ2n) is 5.92. The van der Waals surface area contributed by atoms with E-state index in [-0.39, 0.29) is 33.3 Å². The number of carbonyl (C=O) groups excluding carboxylic acids is 2. The molecule has 0 bridgehead atoms. The summed E-state index contributed by atoms with van der Waals surface area (Å²) in [6.07, 6.45) is -0.0741. The van der Waals surface area contributed by atoms with Crippen LogP contribution in [0.15, 0.2) is 0 Å². The molecule has 0 rings (SSSR count). The van der Waals surface area contributed by atoms with E-state index in [1.54, 1.807) is 41.5 Å². The Bertz CT molecular complexity index is 337. The van der Waals surface area contributed by atoms with Crippen molar-refractivity contribution in [1.29, 1.82) is 0 Å². The van der Waals surface area contributed by atoms with Crippen molar-refractivity contribution in [3.05, 3.63) is 0 Å². The molecule has 8 nitrogen and oxygen atoms in total. The van der Waals surface area contributed by atoms with Crippen LogP contribution in [-0.4, -0.2) is 45.9 Å². The van der Waals surface area contributed by atoms with Crippen LogP contribution in [0.1, 0.15) is 68.2 Å². The Kier molecular flexibility index (Phi) is 31.3. The van der Waals surface area contributed by atoms with Gasteiger partial charge in [0.25, 0.3) is 0 Å². The number of rotatable bonds is 6. The third kappa shape index (κ3) is 36.6. The van der Waals surface area contributed by atoms with Gasteiger partial charge in [-0.2, -0.15) is 0 Å². The molecule has 0 saturated heterocycles. The molecule has 0 saturated carbocycles. The Hall–Kier alpha value is -1.09. The average molecular weight is 426 g/mol. The van der Waals surface area contributed by atoms with Gasteiger partial charge < -0.3 is 20.4 Å². The van der Waals surface area contributed by atoms with Gasteiger partial charge in [0.2, 0.25) is 0 Å². The van der Waals surface area contributed by atoms with Crippen LogP contribution in [0, 0.1) is 11.8 Å². The van der Waals surface area contributed by atoms with E-state index in [9.17, 15) is 29.4 Å². The summed E-state index contributed by atoms with van der Waals surface area (Å²) in [5, 5.41) is 35.7. The van der Waals surface area contributed by atoms with Gasteiger partial charge in [0, 0.05) is 0 Å². The number of ketones is 2. The number of hydrogen-bond donors (Lipinski definition) is 2. The fourth-order valence-corrected chi connectivity index (χ4v) is 1.27. The van der Waals surface area contributed by atoms with Gasteiger partial charge in [0.15, 0.2) is 0 Å². The van der Waals surface area contributed by atoms with Crippen molar-refractivity contribution in [3.8, 4) is 0 Å². The normalized spacial score (nSPS) is 11.1. The quantitative estimate of drug-likeness (QED) is 0.468. The van der Waals surface area contributed by atoms with Gasteiger partial charge in [-0.3, -0.25) is 19.2 Å². The molecular weight excluding hydrogens is 392 g/mol. The van der Waals surface area contributed by atoms with Crippen molar-refractivity contribution < 1.29 is 61.3 Å². The van der Waals surface area contributed by atoms with E-state index in [0.717, 1.165) is 0 Å². The maximum absolute atomic E-state index is 10.4. The van der Waals surface area contributed by atoms with Crippen molar-refractivity contribution >= 4 is 23.5 Å². The molecule has 0 spiro atoms. The van der Waals surface area contributed by atoms with Crippen molar-refractivity contribution in [1.82, 2.24) is 0 Å². The van der Waals surface area contributed by atoms with Crippen molar-refractivity contribution in [2.24, 2.45) is 11.8 Å². The second kappa shape index (κ2) is 23.0. The molecule has 0 aromatic rings. The van der Waals surface area contributed by atoms with E-state index in [2.05, 4.69) is 0 Å². The molecule has 158 valence electrons. The smallest absolute Gasteiger partial charge is 0.852 e. The van der Waals surface area contributed by atoms with Crippen molar-refractivity contribution in [2.45, 2.75) is 80.4 Å². The number of carbonyl (C=O) groups is 4. The molecule has 2 atom stereocenters. The maximum atomic E-state index is 10.4. The maximum Gasteiger partial charge on any atom is 2.00 e. The van der Waals surface area contributed by atoms with Gasteiger partial charge in [-0.15, -0.1) is 12.2 Å². The molecule has 0 aliphatic carbocycles. The molecule has 0 aromatic heterocycles. The van der Waals surface area contributed by atoms with Crippen LogP contribution in [0.5, 0.6) is 0 Å². The molecule has 2 N–H and O–H groups in total. The van der Waals surface area contributed by atoms with Gasteiger partial charge in [0.05, 0.1) is 0 Å². The monoisotopic (exact) mass is 426 g/mol. The molecule has 0 aromatic carbocycles. The molecular formula is C18H34O8Ti. The van der Waals surface area contributed by atoms with E-state index in [4.69, 9.17) is 10.2 Å². The van der Waals surface area contributed by atoms with Crippen LogP contribution in [0.25, 0.3) is 0 Å². The van der Waals surface area contributed by atoms with Gasteiger partial charge in [-0.1, -0.05) is 41.5 Å². The molecule has 0 radical (unpaired) electrons. The zero-order chi connectivity index (χ0) is 22.0. The van der Waals surface area contributed by atoms with Crippen LogP contribution in [0.4, 0.5) is 0 Å². The number of aliphatic carboxylic acids is 2. The van der Waals surface area contributed by atoms with Crippen LogP contribution >= 0.6 is 0 Å². The predicted molar refractivity (Wildman–Crippen MR) is 94.5 cm³/mol. The van der Waals surface area contributed by atoms with Crippen molar-refractivity contribution in [2.75, 3.05) is 0 Å². The van der Waals surface area contributed by atoms with E-state index in [0.29, 0.717) is 12.8 Å². The van der Waals surface area contributed by atoms with Crippen LogP contribution in [0.3, 0.4) is 0 Å². The third-order valence-corrected chi connectivity index (χ3v) is 2.39. The first-order valence-electron chi connectivity index (χ1n) is 8.43. The minimum Gasteiger partial charge on any atom is -0.852 e. The summed E-state index contributed by atoms with van der Waals surface area (Å²) in [5.74, 6) is -4.19. The second-order valence-corrected chi connectivity index (χ2v) is 5.92. The topological polar surface area (TPSA) is 155 Å². The Morgan fingerprint density at radius 2 is 0.852 bits per heavy atom. The van der Waals surface area contributed by atoms with Crippen LogP contribution in [-0.2, 0) is 40.9 Å². The molecule has 0 aliphatic rings. The van der Waals surface area contributed by atoms with Crippen LogP contribution in [0.2, 0.25) is 0 Å². The Labute approximate surface area is 177 Å². The number of Topliss-reactive ketones (excluding diaryl/α,β-unsaturated/α-hetero) is 2. The number of hydrogen-bond acceptors (Lipinski definition) is 6. The van der Waals surface area contributed by atoms with E-state index in [1.807, 2.05) is 0 Å². The minimum atomic E-state index is -1.02. The molecule has 0 heterocycles. The van der Waals surface area contributed by atoms with Crippen LogP contribution < -0.4 is 10.2 Å². The first-order chi connectivity index (χ1) is 11.6. The van der Waals surface area contributed by atoms with Gasteiger partial charge in [-0.25, -0.2) is 0 Å². The SMILES string of the molecule is CC(C)[O-].CC(C)[O-].CCC(C(C)=O)C(=O)O.CCC(C(C)=O)C(=O)O.[Ti+2]. The van der Waals surface area contributed by atoms with E-state index < -0.39 is 36.0 Å². The molecule has 0 fully saturated rings. The molecule has 2 unspecified atom stereocenters. The van der Waals surface area contributed by atoms with Crippen molar-refractivity contribution in [3.63, 3.8) is 0 Å². The first-order valence-corrected chi connectivity index (χ1v) is 8.43. The summed E-state index contributed by atoms with van der Waals surface area (Å²) in [6.45, 7) is 12.4. The fourth-order valence-electron chi connectivity index (χ4n) is 1.27. The summed E-state index contributed by atoms with van der Waals surface area (Å²) >= 11 is 0. The Morgan fingerprint density at radius 3 is 0.852 bits per heavy atom.